The Morgan fingerprint density at radius 3 is 1.33 bits per heavy atom. The molecule has 0 atom stereocenters. The van der Waals surface area contributed by atoms with E-state index in [1.54, 1.807) is 8.25 Å². The number of halogens is 2. The van der Waals surface area contributed by atoms with Crippen LogP contribution in [0, 0.1) is 0 Å². The van der Waals surface area contributed by atoms with Crippen molar-refractivity contribution in [1.29, 1.82) is 0 Å². The van der Waals surface area contributed by atoms with Gasteiger partial charge in [0.25, 0.3) is 0 Å². The second-order valence-electron chi connectivity index (χ2n) is 1.20. The third-order valence-corrected chi connectivity index (χ3v) is 2.75. The van der Waals surface area contributed by atoms with E-state index in [0.717, 1.165) is 0 Å². The lowest BCUT2D eigenvalue weighted by Crippen LogP contribution is -1.97. The Balaban J connectivity index is 4.30. The second kappa shape index (κ2) is 3.69. The summed E-state index contributed by atoms with van der Waals surface area (Å²) in [6, 6.07) is 0. The first-order chi connectivity index (χ1) is 5.10. The zero-order valence-corrected chi connectivity index (χ0v) is 7.37. The number of nitrogens with zero attached hydrogens (tertiary/aromatic N) is 2. The van der Waals surface area contributed by atoms with Crippen molar-refractivity contribution in [2.24, 2.45) is 0 Å². The average Bonchev–Trinajstić information content (AvgIpc) is 1.49. The molecule has 7 nitrogen and oxygen atoms in total. The van der Waals surface area contributed by atoms with Gasteiger partial charge in [0, 0.05) is 0 Å². The van der Waals surface area contributed by atoms with Gasteiger partial charge >= 0.3 is 0 Å². The Bertz CT molecular complexity index is 329. The van der Waals surface area contributed by atoms with Crippen molar-refractivity contribution in [2.75, 3.05) is 0 Å². The number of hydrogen-bond acceptors (Lipinski definition) is 5. The van der Waals surface area contributed by atoms with Crippen molar-refractivity contribution in [2.45, 2.75) is 0 Å². The van der Waals surface area contributed by atoms with Gasteiger partial charge in [0.05, 0.1) is 0 Å². The van der Waals surface area contributed by atoms with Crippen molar-refractivity contribution in [3.8, 4) is 0 Å². The van der Waals surface area contributed by atoms with Crippen molar-refractivity contribution in [3.63, 3.8) is 0 Å². The van der Waals surface area contributed by atoms with Crippen LogP contribution < -0.4 is 0 Å². The van der Waals surface area contributed by atoms with Crippen LogP contribution in [0.1, 0.15) is 0 Å². The van der Waals surface area contributed by atoms with Gasteiger partial charge in [-0.2, -0.15) is 11.2 Å². The van der Waals surface area contributed by atoms with Crippen molar-refractivity contribution >= 4 is 32.0 Å². The summed E-state index contributed by atoms with van der Waals surface area (Å²) in [5.74, 6) is 0. The minimum Gasteiger partial charge on any atom is -0.453 e. The molecular formula is F2N2O5S3-2. The zero-order chi connectivity index (χ0) is 9.99. The average molecular weight is 242 g/mol. The van der Waals surface area contributed by atoms with E-state index in [9.17, 15) is 28.8 Å². The predicted molar refractivity (Wildman–Crippen MR) is 34.9 cm³/mol. The van der Waals surface area contributed by atoms with Crippen LogP contribution in [-0.2, 0) is 32.0 Å². The summed E-state index contributed by atoms with van der Waals surface area (Å²) in [5, 5.41) is 0. The van der Waals surface area contributed by atoms with E-state index in [2.05, 4.69) is 0 Å². The highest BCUT2D eigenvalue weighted by Crippen LogP contribution is 2.16. The third-order valence-electron chi connectivity index (χ3n) is 0.306. The molecule has 0 heterocycles. The van der Waals surface area contributed by atoms with Crippen LogP contribution in [0.3, 0.4) is 0 Å². The standard InChI is InChI=1S/F2N2O5S3/c1-11(6,7)3-10(5)4-12(2,8)9/q-2. The van der Waals surface area contributed by atoms with Crippen LogP contribution in [0.4, 0.5) is 7.77 Å². The maximum atomic E-state index is 11.4. The molecule has 0 aromatic rings. The lowest BCUT2D eigenvalue weighted by atomic mass is 13.8. The fraction of sp³-hybridized carbons (Fsp3) is 0. The molecule has 0 N–H and O–H groups in total. The van der Waals surface area contributed by atoms with E-state index in [4.69, 9.17) is 0 Å². The minimum atomic E-state index is -5.50. The van der Waals surface area contributed by atoms with Gasteiger partial charge in [0.2, 0.25) is 20.8 Å². The monoisotopic (exact) mass is 242 g/mol. The van der Waals surface area contributed by atoms with Gasteiger partial charge in [-0.1, -0.05) is 0 Å². The Morgan fingerprint density at radius 2 is 1.17 bits per heavy atom. The minimum absolute atomic E-state index is 1.69. The molecule has 0 amide bonds. The largest absolute Gasteiger partial charge is 0.453 e. The molecule has 0 fully saturated rings. The normalized spacial score (nSPS) is 13.6. The van der Waals surface area contributed by atoms with E-state index >= 15 is 0 Å². The number of rotatable bonds is 4. The molecule has 12 heteroatoms. The van der Waals surface area contributed by atoms with E-state index in [1.165, 1.54) is 0 Å². The Morgan fingerprint density at radius 1 is 0.917 bits per heavy atom. The van der Waals surface area contributed by atoms with Crippen LogP contribution >= 0.6 is 0 Å². The van der Waals surface area contributed by atoms with E-state index in [0.29, 0.717) is 0 Å². The Kier molecular flexibility index (Phi) is 3.64. The van der Waals surface area contributed by atoms with Crippen molar-refractivity contribution < 1.29 is 28.8 Å². The zero-order valence-electron chi connectivity index (χ0n) is 4.92. The second-order valence-corrected chi connectivity index (χ2v) is 4.51. The molecule has 0 saturated carbocycles. The maximum Gasteiger partial charge on any atom is 0.237 e. The quantitative estimate of drug-likeness (QED) is 0.630. The number of hydrogen-bond donors (Lipinski definition) is 0. The van der Waals surface area contributed by atoms with Crippen LogP contribution in [0.25, 0.3) is 8.25 Å². The van der Waals surface area contributed by atoms with Gasteiger partial charge in [-0.15, -0.1) is 7.77 Å². The Labute approximate surface area is 69.6 Å². The van der Waals surface area contributed by atoms with Crippen LogP contribution in [0.15, 0.2) is 0 Å². The smallest absolute Gasteiger partial charge is 0.237 e. The molecule has 0 bridgehead atoms. The highest BCUT2D eigenvalue weighted by atomic mass is 32.3. The molecule has 0 saturated heterocycles. The summed E-state index contributed by atoms with van der Waals surface area (Å²) in [7, 11) is -11.0. The topological polar surface area (TPSA) is 114 Å². The summed E-state index contributed by atoms with van der Waals surface area (Å²) in [5.41, 5.74) is 0. The van der Waals surface area contributed by atoms with E-state index < -0.39 is 32.0 Å². The molecule has 0 aromatic carbocycles. The van der Waals surface area contributed by atoms with Crippen LogP contribution in [0.5, 0.6) is 0 Å². The molecule has 12 heavy (non-hydrogen) atoms. The van der Waals surface area contributed by atoms with Gasteiger partial charge in [-0.05, 0) is 0 Å². The summed E-state index contributed by atoms with van der Waals surface area (Å²) in [6.45, 7) is 0. The van der Waals surface area contributed by atoms with E-state index in [-0.39, 0.29) is 0 Å². The van der Waals surface area contributed by atoms with Crippen molar-refractivity contribution in [1.82, 2.24) is 0 Å². The Hall–Kier alpha value is -0.170. The van der Waals surface area contributed by atoms with Gasteiger partial charge in [-0.25, -0.2) is 16.8 Å². The molecule has 0 aliphatic carbocycles. The predicted octanol–water partition coefficient (Wildman–Crippen LogP) is -0.259. The molecule has 0 rings (SSSR count). The first-order valence-corrected chi connectivity index (χ1v) is 5.62. The summed E-state index contributed by atoms with van der Waals surface area (Å²) >= 11 is -3.33. The first-order valence-electron chi connectivity index (χ1n) is 1.87. The van der Waals surface area contributed by atoms with Crippen molar-refractivity contribution in [3.05, 3.63) is 8.25 Å². The van der Waals surface area contributed by atoms with Gasteiger partial charge in [-0.3, -0.25) is 0 Å². The SMILES string of the molecule is O=S([N-]S(=O)(=O)F)[N-]S(=O)(=O)F. The molecule has 0 aromatic heterocycles. The summed E-state index contributed by atoms with van der Waals surface area (Å²) in [4.78, 5) is 0. The maximum absolute atomic E-state index is 11.4. The fourth-order valence-electron chi connectivity index (χ4n) is 0.166. The molecule has 0 radical (unpaired) electrons. The molecule has 0 aliphatic heterocycles. The lowest BCUT2D eigenvalue weighted by molar-refractivity contribution is 0.561. The molecule has 0 spiro atoms. The van der Waals surface area contributed by atoms with Gasteiger partial charge in [0.1, 0.15) is 0 Å². The molecule has 74 valence electrons. The first kappa shape index (κ1) is 11.8. The van der Waals surface area contributed by atoms with Gasteiger partial charge < -0.3 is 12.5 Å². The van der Waals surface area contributed by atoms with Crippen LogP contribution in [-0.4, -0.2) is 21.0 Å². The third kappa shape index (κ3) is 7.93. The molecule has 0 unspecified atom stereocenters. The summed E-state index contributed by atoms with van der Waals surface area (Å²) < 4.78 is 74.4. The molecular weight excluding hydrogens is 242 g/mol. The van der Waals surface area contributed by atoms with Gasteiger partial charge in [0.15, 0.2) is 0 Å². The fourth-order valence-corrected chi connectivity index (χ4v) is 1.74. The highest BCUT2D eigenvalue weighted by molar-refractivity contribution is 8.15. The van der Waals surface area contributed by atoms with E-state index in [1.807, 2.05) is 0 Å². The molecule has 0 aliphatic rings. The van der Waals surface area contributed by atoms with Crippen LogP contribution in [0.2, 0.25) is 0 Å². The highest BCUT2D eigenvalue weighted by Gasteiger charge is 1.95. The lowest BCUT2D eigenvalue weighted by Gasteiger charge is -2.23. The summed E-state index contributed by atoms with van der Waals surface area (Å²) in [6.07, 6.45) is 0.